The Morgan fingerprint density at radius 3 is 2.14 bits per heavy atom. The molecule has 1 N–H and O–H groups in total. The van der Waals surface area contributed by atoms with Crippen LogP contribution in [0.25, 0.3) is 0 Å². The average molecular weight is 312 g/mol. The Morgan fingerprint density at radius 1 is 1.19 bits per heavy atom. The molecule has 0 aromatic heterocycles. The molecule has 0 aliphatic carbocycles. The Kier molecular flexibility index (Phi) is 6.38. The second-order valence-electron chi connectivity index (χ2n) is 6.05. The Morgan fingerprint density at radius 2 is 1.71 bits per heavy atom. The van der Waals surface area contributed by atoms with Crippen molar-refractivity contribution >= 4 is 9.84 Å². The number of sulfone groups is 1. The maximum Gasteiger partial charge on any atom is 0.148 e. The standard InChI is InChI=1S/C16H28N2O2S/c1-12-9-13(2)16(14(3)10-12)15(17-4)11-18(5)7-8-21(6,19)20/h9-10,15,17H,7-8,11H2,1-6H3. The molecule has 0 saturated heterocycles. The van der Waals surface area contributed by atoms with Crippen LogP contribution >= 0.6 is 0 Å². The van der Waals surface area contributed by atoms with Gasteiger partial charge in [0.2, 0.25) is 0 Å². The minimum absolute atomic E-state index is 0.200. The molecule has 1 rings (SSSR count). The molecule has 1 aromatic rings. The van der Waals surface area contributed by atoms with E-state index in [9.17, 15) is 8.42 Å². The van der Waals surface area contributed by atoms with Gasteiger partial charge in [-0.15, -0.1) is 0 Å². The first-order valence-corrected chi connectivity index (χ1v) is 9.31. The smallest absolute Gasteiger partial charge is 0.148 e. The molecule has 1 aromatic carbocycles. The van der Waals surface area contributed by atoms with Crippen LogP contribution in [-0.2, 0) is 9.84 Å². The number of nitrogens with zero attached hydrogens (tertiary/aromatic N) is 1. The molecule has 5 heteroatoms. The molecule has 4 nitrogen and oxygen atoms in total. The third kappa shape index (κ3) is 5.77. The van der Waals surface area contributed by atoms with Crippen LogP contribution in [0.1, 0.15) is 28.3 Å². The predicted octanol–water partition coefficient (Wildman–Crippen LogP) is 1.85. The van der Waals surface area contributed by atoms with Crippen molar-refractivity contribution in [3.8, 4) is 0 Å². The molecule has 0 aliphatic heterocycles. The molecule has 0 saturated carbocycles. The molecule has 0 radical (unpaired) electrons. The molecule has 0 heterocycles. The van der Waals surface area contributed by atoms with Gasteiger partial charge in [-0.1, -0.05) is 17.7 Å². The summed E-state index contributed by atoms with van der Waals surface area (Å²) in [6, 6.07) is 4.60. The number of rotatable bonds is 7. The van der Waals surface area contributed by atoms with Crippen molar-refractivity contribution in [2.24, 2.45) is 0 Å². The van der Waals surface area contributed by atoms with Crippen LogP contribution in [0.15, 0.2) is 12.1 Å². The van der Waals surface area contributed by atoms with Gasteiger partial charge in [-0.2, -0.15) is 0 Å². The first-order chi connectivity index (χ1) is 9.64. The van der Waals surface area contributed by atoms with Crippen molar-refractivity contribution in [3.05, 3.63) is 34.4 Å². The number of likely N-dealkylation sites (N-methyl/N-ethyl adjacent to an activating group) is 2. The Bertz CT molecular complexity index is 559. The van der Waals surface area contributed by atoms with Gasteiger partial charge >= 0.3 is 0 Å². The van der Waals surface area contributed by atoms with Gasteiger partial charge < -0.3 is 10.2 Å². The molecule has 1 atom stereocenters. The van der Waals surface area contributed by atoms with Crippen molar-refractivity contribution in [2.75, 3.05) is 39.2 Å². The number of aryl methyl sites for hydroxylation is 3. The monoisotopic (exact) mass is 312 g/mol. The minimum Gasteiger partial charge on any atom is -0.312 e. The maximum absolute atomic E-state index is 11.3. The van der Waals surface area contributed by atoms with E-state index in [4.69, 9.17) is 0 Å². The molecular formula is C16H28N2O2S. The van der Waals surface area contributed by atoms with Crippen molar-refractivity contribution in [1.82, 2.24) is 10.2 Å². The summed E-state index contributed by atoms with van der Waals surface area (Å²) in [7, 11) is 1.01. The van der Waals surface area contributed by atoms with E-state index in [-0.39, 0.29) is 11.8 Å². The lowest BCUT2D eigenvalue weighted by Crippen LogP contribution is -2.34. The van der Waals surface area contributed by atoms with E-state index in [1.165, 1.54) is 28.5 Å². The van der Waals surface area contributed by atoms with E-state index in [0.29, 0.717) is 6.54 Å². The van der Waals surface area contributed by atoms with E-state index in [1.807, 2.05) is 14.1 Å². The largest absolute Gasteiger partial charge is 0.312 e. The number of nitrogens with one attached hydrogen (secondary N) is 1. The molecule has 0 fully saturated rings. The first-order valence-electron chi connectivity index (χ1n) is 7.25. The normalized spacial score (nSPS) is 13.7. The average Bonchev–Trinajstić information content (AvgIpc) is 2.33. The van der Waals surface area contributed by atoms with Gasteiger partial charge in [-0.3, -0.25) is 0 Å². The zero-order valence-electron chi connectivity index (χ0n) is 14.0. The quantitative estimate of drug-likeness (QED) is 0.835. The van der Waals surface area contributed by atoms with Crippen LogP contribution in [0.5, 0.6) is 0 Å². The minimum atomic E-state index is -2.91. The van der Waals surface area contributed by atoms with Gasteiger partial charge in [0.15, 0.2) is 0 Å². The fraction of sp³-hybridized carbons (Fsp3) is 0.625. The van der Waals surface area contributed by atoms with Crippen LogP contribution in [0.4, 0.5) is 0 Å². The highest BCUT2D eigenvalue weighted by molar-refractivity contribution is 7.90. The van der Waals surface area contributed by atoms with Crippen LogP contribution in [0.3, 0.4) is 0 Å². The molecule has 120 valence electrons. The fourth-order valence-electron chi connectivity index (χ4n) is 2.79. The molecule has 0 aliphatic rings. The van der Waals surface area contributed by atoms with Crippen LogP contribution in [-0.4, -0.2) is 52.5 Å². The Hall–Kier alpha value is -0.910. The SMILES string of the molecule is CNC(CN(C)CCS(C)(=O)=O)c1c(C)cc(C)cc1C. The zero-order valence-corrected chi connectivity index (χ0v) is 14.8. The zero-order chi connectivity index (χ0) is 16.2. The van der Waals surface area contributed by atoms with E-state index in [2.05, 4.69) is 43.1 Å². The van der Waals surface area contributed by atoms with Crippen molar-refractivity contribution in [1.29, 1.82) is 0 Å². The second kappa shape index (κ2) is 7.38. The summed E-state index contributed by atoms with van der Waals surface area (Å²) in [5.41, 5.74) is 5.15. The van der Waals surface area contributed by atoms with Gasteiger partial charge in [0.05, 0.1) is 5.75 Å². The van der Waals surface area contributed by atoms with Gasteiger partial charge in [-0.25, -0.2) is 8.42 Å². The first kappa shape index (κ1) is 18.1. The van der Waals surface area contributed by atoms with E-state index >= 15 is 0 Å². The Balaban J connectivity index is 2.84. The highest BCUT2D eigenvalue weighted by Gasteiger charge is 2.17. The lowest BCUT2D eigenvalue weighted by Gasteiger charge is -2.26. The van der Waals surface area contributed by atoms with Crippen molar-refractivity contribution in [3.63, 3.8) is 0 Å². The molecular weight excluding hydrogens is 284 g/mol. The van der Waals surface area contributed by atoms with Crippen LogP contribution in [0.2, 0.25) is 0 Å². The molecule has 21 heavy (non-hydrogen) atoms. The summed E-state index contributed by atoms with van der Waals surface area (Å²) in [5, 5.41) is 3.36. The van der Waals surface area contributed by atoms with Crippen molar-refractivity contribution in [2.45, 2.75) is 26.8 Å². The Labute approximate surface area is 129 Å². The van der Waals surface area contributed by atoms with Crippen LogP contribution < -0.4 is 5.32 Å². The van der Waals surface area contributed by atoms with E-state index in [0.717, 1.165) is 6.54 Å². The van der Waals surface area contributed by atoms with E-state index in [1.54, 1.807) is 0 Å². The number of hydrogen-bond acceptors (Lipinski definition) is 4. The van der Waals surface area contributed by atoms with Gasteiger partial charge in [0.25, 0.3) is 0 Å². The summed E-state index contributed by atoms with van der Waals surface area (Å²) in [6.07, 6.45) is 1.28. The highest BCUT2D eigenvalue weighted by Crippen LogP contribution is 2.24. The molecule has 0 amide bonds. The number of hydrogen-bond donors (Lipinski definition) is 1. The summed E-state index contributed by atoms with van der Waals surface area (Å²) < 4.78 is 22.5. The number of benzene rings is 1. The predicted molar refractivity (Wildman–Crippen MR) is 89.7 cm³/mol. The fourth-order valence-corrected chi connectivity index (χ4v) is 3.44. The van der Waals surface area contributed by atoms with Gasteiger partial charge in [-0.05, 0) is 51.6 Å². The van der Waals surface area contributed by atoms with Crippen LogP contribution in [0, 0.1) is 20.8 Å². The van der Waals surface area contributed by atoms with Gasteiger partial charge in [0, 0.05) is 25.4 Å². The summed E-state index contributed by atoms with van der Waals surface area (Å²) in [5.74, 6) is 0.200. The summed E-state index contributed by atoms with van der Waals surface area (Å²) >= 11 is 0. The highest BCUT2D eigenvalue weighted by atomic mass is 32.2. The summed E-state index contributed by atoms with van der Waals surface area (Å²) in [6.45, 7) is 7.72. The third-order valence-corrected chi connectivity index (χ3v) is 4.70. The third-order valence-electron chi connectivity index (χ3n) is 3.77. The molecule has 0 spiro atoms. The molecule has 0 bridgehead atoms. The van der Waals surface area contributed by atoms with Crippen molar-refractivity contribution < 1.29 is 8.42 Å². The lowest BCUT2D eigenvalue weighted by atomic mass is 9.94. The van der Waals surface area contributed by atoms with Gasteiger partial charge in [0.1, 0.15) is 9.84 Å². The molecule has 1 unspecified atom stereocenters. The maximum atomic E-state index is 11.3. The summed E-state index contributed by atoms with van der Waals surface area (Å²) in [4.78, 5) is 2.07. The second-order valence-corrected chi connectivity index (χ2v) is 8.31. The van der Waals surface area contributed by atoms with E-state index < -0.39 is 9.84 Å². The topological polar surface area (TPSA) is 49.4 Å². The lowest BCUT2D eigenvalue weighted by molar-refractivity contribution is 0.310.